The van der Waals surface area contributed by atoms with Gasteiger partial charge in [0.1, 0.15) is 5.75 Å². The molecule has 3 nitrogen and oxygen atoms in total. The van der Waals surface area contributed by atoms with Gasteiger partial charge in [0.25, 0.3) is 0 Å². The van der Waals surface area contributed by atoms with Gasteiger partial charge >= 0.3 is 0 Å². The lowest BCUT2D eigenvalue weighted by Crippen LogP contribution is -2.32. The topological polar surface area (TPSA) is 24.5 Å². The molecule has 0 aliphatic carbocycles. The normalized spacial score (nSPS) is 19.6. The first-order valence-corrected chi connectivity index (χ1v) is 6.46. The van der Waals surface area contributed by atoms with Crippen molar-refractivity contribution in [3.8, 4) is 5.75 Å². The van der Waals surface area contributed by atoms with E-state index >= 15 is 0 Å². The summed E-state index contributed by atoms with van der Waals surface area (Å²) < 4.78 is 5.18. The van der Waals surface area contributed by atoms with Gasteiger partial charge in [0.15, 0.2) is 0 Å². The number of hydrogen-bond acceptors (Lipinski definition) is 3. The van der Waals surface area contributed by atoms with Crippen molar-refractivity contribution in [3.05, 3.63) is 24.3 Å². The average Bonchev–Trinajstić information content (AvgIpc) is 2.85. The first-order valence-electron chi connectivity index (χ1n) is 6.46. The molecule has 1 fully saturated rings. The zero-order valence-electron chi connectivity index (χ0n) is 10.8. The Morgan fingerprint density at radius 3 is 2.76 bits per heavy atom. The highest BCUT2D eigenvalue weighted by Gasteiger charge is 2.21. The van der Waals surface area contributed by atoms with E-state index in [1.165, 1.54) is 18.5 Å². The fourth-order valence-corrected chi connectivity index (χ4v) is 2.30. The molecule has 1 aliphatic heterocycles. The van der Waals surface area contributed by atoms with Crippen molar-refractivity contribution >= 4 is 5.69 Å². The molecular formula is C14H22N2O. The Morgan fingerprint density at radius 2 is 2.12 bits per heavy atom. The molecule has 2 rings (SSSR count). The van der Waals surface area contributed by atoms with Crippen LogP contribution in [0.25, 0.3) is 0 Å². The van der Waals surface area contributed by atoms with Gasteiger partial charge in [-0.15, -0.1) is 0 Å². The van der Waals surface area contributed by atoms with Crippen LogP contribution in [0.5, 0.6) is 5.75 Å². The lowest BCUT2D eigenvalue weighted by atomic mass is 10.2. The van der Waals surface area contributed by atoms with Crippen LogP contribution >= 0.6 is 0 Å². The molecule has 1 unspecified atom stereocenters. The summed E-state index contributed by atoms with van der Waals surface area (Å²) in [6.45, 7) is 5.60. The predicted octanol–water partition coefficient (Wildman–Crippen LogP) is 2.27. The maximum absolute atomic E-state index is 5.18. The van der Waals surface area contributed by atoms with E-state index in [1.54, 1.807) is 7.11 Å². The molecule has 0 spiro atoms. The van der Waals surface area contributed by atoms with Crippen molar-refractivity contribution in [1.29, 1.82) is 0 Å². The van der Waals surface area contributed by atoms with Crippen LogP contribution in [0.1, 0.15) is 19.8 Å². The first-order chi connectivity index (χ1) is 8.33. The van der Waals surface area contributed by atoms with Crippen LogP contribution in [0.15, 0.2) is 24.3 Å². The lowest BCUT2D eigenvalue weighted by molar-refractivity contribution is 0.415. The fraction of sp³-hybridized carbons (Fsp3) is 0.571. The van der Waals surface area contributed by atoms with Gasteiger partial charge in [0.05, 0.1) is 7.11 Å². The van der Waals surface area contributed by atoms with E-state index in [4.69, 9.17) is 4.74 Å². The Bertz CT molecular complexity index is 337. The van der Waals surface area contributed by atoms with E-state index in [-0.39, 0.29) is 0 Å². The van der Waals surface area contributed by atoms with Crippen molar-refractivity contribution < 1.29 is 4.74 Å². The maximum Gasteiger partial charge on any atom is 0.119 e. The van der Waals surface area contributed by atoms with E-state index in [1.807, 2.05) is 12.1 Å². The molecule has 0 radical (unpaired) electrons. The minimum Gasteiger partial charge on any atom is -0.497 e. The van der Waals surface area contributed by atoms with Crippen LogP contribution < -0.4 is 15.0 Å². The van der Waals surface area contributed by atoms with Gasteiger partial charge in [-0.05, 0) is 43.7 Å². The minimum absolute atomic E-state index is 0.650. The Kier molecular flexibility index (Phi) is 4.26. The number of nitrogens with zero attached hydrogens (tertiary/aromatic N) is 1. The number of hydrogen-bond donors (Lipinski definition) is 1. The van der Waals surface area contributed by atoms with Crippen LogP contribution in [0, 0.1) is 0 Å². The molecule has 0 saturated carbocycles. The number of anilines is 1. The summed E-state index contributed by atoms with van der Waals surface area (Å²) in [5.74, 6) is 0.925. The van der Waals surface area contributed by atoms with Gasteiger partial charge in [-0.3, -0.25) is 0 Å². The minimum atomic E-state index is 0.650. The zero-order valence-corrected chi connectivity index (χ0v) is 10.8. The van der Waals surface area contributed by atoms with Crippen LogP contribution in [-0.4, -0.2) is 32.8 Å². The molecule has 1 saturated heterocycles. The molecule has 1 heterocycles. The maximum atomic E-state index is 5.18. The third-order valence-corrected chi connectivity index (χ3v) is 3.31. The van der Waals surface area contributed by atoms with Gasteiger partial charge in [-0.1, -0.05) is 6.92 Å². The van der Waals surface area contributed by atoms with Crippen molar-refractivity contribution in [2.45, 2.75) is 25.8 Å². The summed E-state index contributed by atoms with van der Waals surface area (Å²) in [5.41, 5.74) is 1.30. The van der Waals surface area contributed by atoms with Gasteiger partial charge in [-0.25, -0.2) is 0 Å². The highest BCUT2D eigenvalue weighted by atomic mass is 16.5. The number of ether oxygens (including phenoxy) is 1. The number of rotatable bonds is 5. The fourth-order valence-electron chi connectivity index (χ4n) is 2.30. The van der Waals surface area contributed by atoms with E-state index in [9.17, 15) is 0 Å². The second kappa shape index (κ2) is 5.92. The average molecular weight is 234 g/mol. The first kappa shape index (κ1) is 12.2. The van der Waals surface area contributed by atoms with Gasteiger partial charge in [0, 0.05) is 24.8 Å². The molecule has 0 bridgehead atoms. The number of methoxy groups -OCH3 is 1. The van der Waals surface area contributed by atoms with E-state index in [0.717, 1.165) is 25.4 Å². The quantitative estimate of drug-likeness (QED) is 0.846. The summed E-state index contributed by atoms with van der Waals surface area (Å²) in [4.78, 5) is 2.44. The molecule has 0 aromatic heterocycles. The Labute approximate surface area is 104 Å². The van der Waals surface area contributed by atoms with E-state index in [0.29, 0.717) is 6.04 Å². The molecule has 94 valence electrons. The van der Waals surface area contributed by atoms with Crippen molar-refractivity contribution in [3.63, 3.8) is 0 Å². The van der Waals surface area contributed by atoms with Gasteiger partial charge < -0.3 is 15.0 Å². The third kappa shape index (κ3) is 3.13. The molecule has 1 N–H and O–H groups in total. The monoisotopic (exact) mass is 234 g/mol. The summed E-state index contributed by atoms with van der Waals surface area (Å²) in [7, 11) is 1.70. The van der Waals surface area contributed by atoms with Crippen molar-refractivity contribution in [2.75, 3.05) is 31.6 Å². The zero-order chi connectivity index (χ0) is 12.1. The van der Waals surface area contributed by atoms with Crippen molar-refractivity contribution in [2.24, 2.45) is 0 Å². The molecule has 1 aromatic rings. The summed E-state index contributed by atoms with van der Waals surface area (Å²) in [5, 5.41) is 3.59. The van der Waals surface area contributed by atoms with E-state index in [2.05, 4.69) is 29.3 Å². The Hall–Kier alpha value is -1.22. The van der Waals surface area contributed by atoms with Crippen molar-refractivity contribution in [1.82, 2.24) is 5.32 Å². The largest absolute Gasteiger partial charge is 0.497 e. The summed E-state index contributed by atoms with van der Waals surface area (Å²) in [6.07, 6.45) is 2.45. The van der Waals surface area contributed by atoms with E-state index < -0.39 is 0 Å². The second-order valence-electron chi connectivity index (χ2n) is 4.58. The Balaban J connectivity index is 1.90. The van der Waals surface area contributed by atoms with Crippen LogP contribution in [-0.2, 0) is 0 Å². The molecule has 1 aromatic carbocycles. The number of nitrogens with one attached hydrogen (secondary N) is 1. The highest BCUT2D eigenvalue weighted by molar-refractivity contribution is 5.50. The summed E-state index contributed by atoms with van der Waals surface area (Å²) >= 11 is 0. The summed E-state index contributed by atoms with van der Waals surface area (Å²) in [6, 6.07) is 8.99. The lowest BCUT2D eigenvalue weighted by Gasteiger charge is -2.19. The van der Waals surface area contributed by atoms with Gasteiger partial charge in [-0.2, -0.15) is 0 Å². The molecule has 1 aliphatic rings. The molecule has 0 amide bonds. The van der Waals surface area contributed by atoms with Crippen LogP contribution in [0.4, 0.5) is 5.69 Å². The Morgan fingerprint density at radius 1 is 1.35 bits per heavy atom. The standard InChI is InChI=1S/C14H22N2O/c1-3-9-15-12-8-10-16(11-12)13-4-6-14(17-2)7-5-13/h4-7,12,15H,3,8-11H2,1-2H3. The molecular weight excluding hydrogens is 212 g/mol. The van der Waals surface area contributed by atoms with Crippen LogP contribution in [0.2, 0.25) is 0 Å². The SMILES string of the molecule is CCCNC1CCN(c2ccc(OC)cc2)C1. The molecule has 1 atom stereocenters. The highest BCUT2D eigenvalue weighted by Crippen LogP contribution is 2.23. The molecule has 3 heteroatoms. The van der Waals surface area contributed by atoms with Gasteiger partial charge in [0.2, 0.25) is 0 Å². The third-order valence-electron chi connectivity index (χ3n) is 3.31. The smallest absolute Gasteiger partial charge is 0.119 e. The van der Waals surface area contributed by atoms with Crippen LogP contribution in [0.3, 0.4) is 0 Å². The predicted molar refractivity (Wildman–Crippen MR) is 71.9 cm³/mol. The second-order valence-corrected chi connectivity index (χ2v) is 4.58. The number of benzene rings is 1. The molecule has 17 heavy (non-hydrogen) atoms.